The quantitative estimate of drug-likeness (QED) is 0.812. The van der Waals surface area contributed by atoms with E-state index in [1.54, 1.807) is 18.0 Å². The molecular formula is C12H20N4O2. The summed E-state index contributed by atoms with van der Waals surface area (Å²) < 4.78 is 5.29. The summed E-state index contributed by atoms with van der Waals surface area (Å²) in [7, 11) is 1.80. The van der Waals surface area contributed by atoms with Crippen LogP contribution in [0.4, 0.5) is 5.82 Å². The molecule has 1 aromatic heterocycles. The first-order chi connectivity index (χ1) is 8.52. The molecule has 6 nitrogen and oxygen atoms in total. The minimum atomic E-state index is -0.0379. The number of hydrogen-bond donors (Lipinski definition) is 1. The van der Waals surface area contributed by atoms with Gasteiger partial charge in [-0.25, -0.2) is 9.97 Å². The fourth-order valence-electron chi connectivity index (χ4n) is 1.43. The molecule has 0 aliphatic carbocycles. The SMILES string of the molecule is CCOc1cc(N(C)CC(=O)NC(C)C)ncn1. The second-order valence-corrected chi connectivity index (χ2v) is 4.23. The van der Waals surface area contributed by atoms with E-state index in [2.05, 4.69) is 15.3 Å². The van der Waals surface area contributed by atoms with Gasteiger partial charge < -0.3 is 15.0 Å². The summed E-state index contributed by atoms with van der Waals surface area (Å²) in [5.74, 6) is 1.13. The predicted molar refractivity (Wildman–Crippen MR) is 69.7 cm³/mol. The summed E-state index contributed by atoms with van der Waals surface area (Å²) >= 11 is 0. The van der Waals surface area contributed by atoms with E-state index in [0.29, 0.717) is 18.3 Å². The largest absolute Gasteiger partial charge is 0.478 e. The number of likely N-dealkylation sites (N-methyl/N-ethyl adjacent to an activating group) is 1. The zero-order valence-electron chi connectivity index (χ0n) is 11.3. The minimum Gasteiger partial charge on any atom is -0.478 e. The molecule has 0 atom stereocenters. The van der Waals surface area contributed by atoms with Crippen LogP contribution in [0.5, 0.6) is 5.88 Å². The zero-order valence-corrected chi connectivity index (χ0v) is 11.3. The highest BCUT2D eigenvalue weighted by molar-refractivity contribution is 5.81. The lowest BCUT2D eigenvalue weighted by Gasteiger charge is -2.18. The van der Waals surface area contributed by atoms with Crippen LogP contribution in [0.1, 0.15) is 20.8 Å². The van der Waals surface area contributed by atoms with Crippen molar-refractivity contribution in [3.63, 3.8) is 0 Å². The van der Waals surface area contributed by atoms with E-state index in [1.807, 2.05) is 20.8 Å². The average Bonchev–Trinajstić information content (AvgIpc) is 2.28. The summed E-state index contributed by atoms with van der Waals surface area (Å²) in [6.07, 6.45) is 1.43. The Kier molecular flexibility index (Phi) is 5.35. The lowest BCUT2D eigenvalue weighted by Crippen LogP contribution is -2.38. The smallest absolute Gasteiger partial charge is 0.239 e. The first-order valence-electron chi connectivity index (χ1n) is 5.98. The van der Waals surface area contributed by atoms with Gasteiger partial charge in [0.1, 0.15) is 12.1 Å². The van der Waals surface area contributed by atoms with Gasteiger partial charge in [-0.2, -0.15) is 0 Å². The Morgan fingerprint density at radius 3 is 2.83 bits per heavy atom. The molecule has 0 aromatic carbocycles. The number of carbonyl (C=O) groups excluding carboxylic acids is 1. The first kappa shape index (κ1) is 14.2. The minimum absolute atomic E-state index is 0.0379. The lowest BCUT2D eigenvalue weighted by molar-refractivity contribution is -0.120. The fourth-order valence-corrected chi connectivity index (χ4v) is 1.43. The second-order valence-electron chi connectivity index (χ2n) is 4.23. The molecule has 1 rings (SSSR count). The summed E-state index contributed by atoms with van der Waals surface area (Å²) in [4.78, 5) is 21.5. The molecule has 1 aromatic rings. The summed E-state index contributed by atoms with van der Waals surface area (Å²) in [5.41, 5.74) is 0. The first-order valence-corrected chi connectivity index (χ1v) is 5.98. The van der Waals surface area contributed by atoms with Gasteiger partial charge in [-0.3, -0.25) is 4.79 Å². The second kappa shape index (κ2) is 6.78. The van der Waals surface area contributed by atoms with Gasteiger partial charge in [0.05, 0.1) is 13.2 Å². The van der Waals surface area contributed by atoms with Gasteiger partial charge in [0.2, 0.25) is 11.8 Å². The Hall–Kier alpha value is -1.85. The van der Waals surface area contributed by atoms with Crippen molar-refractivity contribution in [2.24, 2.45) is 0 Å². The van der Waals surface area contributed by atoms with Crippen molar-refractivity contribution >= 4 is 11.7 Å². The normalized spacial score (nSPS) is 10.3. The third kappa shape index (κ3) is 4.57. The maximum atomic E-state index is 11.6. The number of carbonyl (C=O) groups is 1. The number of nitrogens with one attached hydrogen (secondary N) is 1. The zero-order chi connectivity index (χ0) is 13.5. The highest BCUT2D eigenvalue weighted by Crippen LogP contribution is 2.13. The third-order valence-corrected chi connectivity index (χ3v) is 2.14. The molecule has 0 aliphatic rings. The molecule has 1 N–H and O–H groups in total. The van der Waals surface area contributed by atoms with Gasteiger partial charge in [0.15, 0.2) is 0 Å². The van der Waals surface area contributed by atoms with Gasteiger partial charge >= 0.3 is 0 Å². The molecule has 0 saturated carbocycles. The molecule has 0 fully saturated rings. The van der Waals surface area contributed by atoms with Gasteiger partial charge in [0.25, 0.3) is 0 Å². The molecule has 1 amide bonds. The van der Waals surface area contributed by atoms with Crippen molar-refractivity contribution in [3.8, 4) is 5.88 Å². The van der Waals surface area contributed by atoms with Crippen LogP contribution < -0.4 is 15.0 Å². The van der Waals surface area contributed by atoms with Crippen LogP contribution in [0.2, 0.25) is 0 Å². The number of anilines is 1. The molecule has 100 valence electrons. The maximum Gasteiger partial charge on any atom is 0.239 e. The Morgan fingerprint density at radius 2 is 2.22 bits per heavy atom. The molecule has 0 spiro atoms. The van der Waals surface area contributed by atoms with Crippen LogP contribution in [-0.4, -0.2) is 42.1 Å². The number of ether oxygens (including phenoxy) is 1. The van der Waals surface area contributed by atoms with E-state index < -0.39 is 0 Å². The maximum absolute atomic E-state index is 11.6. The van der Waals surface area contributed by atoms with Gasteiger partial charge in [-0.1, -0.05) is 0 Å². The Morgan fingerprint density at radius 1 is 1.50 bits per heavy atom. The number of rotatable bonds is 6. The molecule has 0 unspecified atom stereocenters. The fraction of sp³-hybridized carbons (Fsp3) is 0.583. The van der Waals surface area contributed by atoms with E-state index in [9.17, 15) is 4.79 Å². The van der Waals surface area contributed by atoms with Crippen LogP contribution in [0, 0.1) is 0 Å². The van der Waals surface area contributed by atoms with E-state index in [4.69, 9.17) is 4.74 Å². The molecule has 0 bridgehead atoms. The number of aromatic nitrogens is 2. The van der Waals surface area contributed by atoms with Gasteiger partial charge in [-0.05, 0) is 20.8 Å². The Bertz CT molecular complexity index is 395. The summed E-state index contributed by atoms with van der Waals surface area (Å²) in [6, 6.07) is 1.85. The highest BCUT2D eigenvalue weighted by Gasteiger charge is 2.10. The van der Waals surface area contributed by atoms with Crippen LogP contribution >= 0.6 is 0 Å². The van der Waals surface area contributed by atoms with Crippen LogP contribution in [0.25, 0.3) is 0 Å². The standard InChI is InChI=1S/C12H20N4O2/c1-5-18-12-6-10(13-8-14-12)16(4)7-11(17)15-9(2)3/h6,8-9H,5,7H2,1-4H3,(H,15,17). The van der Waals surface area contributed by atoms with Crippen molar-refractivity contribution < 1.29 is 9.53 Å². The molecule has 1 heterocycles. The molecule has 18 heavy (non-hydrogen) atoms. The van der Waals surface area contributed by atoms with Crippen molar-refractivity contribution in [2.45, 2.75) is 26.8 Å². The Labute approximate surface area is 107 Å². The molecule has 6 heteroatoms. The van der Waals surface area contributed by atoms with Crippen molar-refractivity contribution in [1.82, 2.24) is 15.3 Å². The number of nitrogens with zero attached hydrogens (tertiary/aromatic N) is 3. The monoisotopic (exact) mass is 252 g/mol. The summed E-state index contributed by atoms with van der Waals surface area (Å²) in [6.45, 7) is 6.54. The van der Waals surface area contributed by atoms with Gasteiger partial charge in [-0.15, -0.1) is 0 Å². The lowest BCUT2D eigenvalue weighted by atomic mass is 10.4. The van der Waals surface area contributed by atoms with Crippen LogP contribution in [0.3, 0.4) is 0 Å². The predicted octanol–water partition coefficient (Wildman–Crippen LogP) is 0.836. The number of amides is 1. The molecule has 0 radical (unpaired) electrons. The van der Waals surface area contributed by atoms with Crippen molar-refractivity contribution in [3.05, 3.63) is 12.4 Å². The Balaban J connectivity index is 2.63. The van der Waals surface area contributed by atoms with E-state index in [1.165, 1.54) is 6.33 Å². The molecule has 0 aliphatic heterocycles. The third-order valence-electron chi connectivity index (χ3n) is 2.14. The van der Waals surface area contributed by atoms with Gasteiger partial charge in [0, 0.05) is 19.2 Å². The summed E-state index contributed by atoms with van der Waals surface area (Å²) in [5, 5.41) is 2.83. The molecular weight excluding hydrogens is 232 g/mol. The van der Waals surface area contributed by atoms with E-state index >= 15 is 0 Å². The van der Waals surface area contributed by atoms with Crippen LogP contribution in [0.15, 0.2) is 12.4 Å². The van der Waals surface area contributed by atoms with E-state index in [-0.39, 0.29) is 18.5 Å². The highest BCUT2D eigenvalue weighted by atomic mass is 16.5. The number of hydrogen-bond acceptors (Lipinski definition) is 5. The van der Waals surface area contributed by atoms with Crippen LogP contribution in [-0.2, 0) is 4.79 Å². The topological polar surface area (TPSA) is 67.3 Å². The average molecular weight is 252 g/mol. The van der Waals surface area contributed by atoms with Crippen molar-refractivity contribution in [2.75, 3.05) is 25.1 Å². The van der Waals surface area contributed by atoms with Crippen molar-refractivity contribution in [1.29, 1.82) is 0 Å². The molecule has 0 saturated heterocycles. The van der Waals surface area contributed by atoms with E-state index in [0.717, 1.165) is 0 Å².